The highest BCUT2D eigenvalue weighted by Crippen LogP contribution is 2.29. The van der Waals surface area contributed by atoms with E-state index in [4.69, 9.17) is 0 Å². The molecule has 0 spiro atoms. The second kappa shape index (κ2) is 5.25. The van der Waals surface area contributed by atoms with Crippen molar-refractivity contribution in [2.45, 2.75) is 26.4 Å². The number of amides is 1. The maximum Gasteiger partial charge on any atom is 0.471 e. The van der Waals surface area contributed by atoms with Gasteiger partial charge in [-0.1, -0.05) is 22.0 Å². The smallest absolute Gasteiger partial charge is 0.330 e. The van der Waals surface area contributed by atoms with Gasteiger partial charge in [-0.3, -0.25) is 4.79 Å². The van der Waals surface area contributed by atoms with Gasteiger partial charge in [-0.25, -0.2) is 0 Å². The topological polar surface area (TPSA) is 20.3 Å². The Balaban J connectivity index is 2.92. The number of hydrogen-bond acceptors (Lipinski definition) is 1. The van der Waals surface area contributed by atoms with Gasteiger partial charge in [-0.15, -0.1) is 0 Å². The third-order valence-corrected chi connectivity index (χ3v) is 3.16. The van der Waals surface area contributed by atoms with Crippen LogP contribution in [0.4, 0.5) is 13.2 Å². The van der Waals surface area contributed by atoms with Crippen LogP contribution in [0.3, 0.4) is 0 Å². The van der Waals surface area contributed by atoms with Crippen LogP contribution in [-0.2, 0) is 4.79 Å². The molecule has 0 aliphatic carbocycles. The summed E-state index contributed by atoms with van der Waals surface area (Å²) in [5.41, 5.74) is 1.75. The summed E-state index contributed by atoms with van der Waals surface area (Å²) < 4.78 is 37.7. The molecule has 0 bridgehead atoms. The first-order valence-corrected chi connectivity index (χ1v) is 5.93. The number of carbonyl (C=O) groups excluding carboxylic acids is 1. The van der Waals surface area contributed by atoms with E-state index in [0.29, 0.717) is 6.42 Å². The molecule has 0 unspecified atom stereocenters. The van der Waals surface area contributed by atoms with Crippen LogP contribution in [0.25, 0.3) is 0 Å². The van der Waals surface area contributed by atoms with Gasteiger partial charge in [0, 0.05) is 13.1 Å². The molecule has 1 aliphatic rings. The fourth-order valence-corrected chi connectivity index (χ4v) is 2.16. The van der Waals surface area contributed by atoms with Gasteiger partial charge in [0.25, 0.3) is 0 Å². The second-order valence-corrected chi connectivity index (χ2v) is 4.99. The lowest BCUT2D eigenvalue weighted by Crippen LogP contribution is -2.45. The maximum atomic E-state index is 12.3. The van der Waals surface area contributed by atoms with Gasteiger partial charge in [0.2, 0.25) is 0 Å². The summed E-state index contributed by atoms with van der Waals surface area (Å²) in [5, 5.41) is 0. The Labute approximate surface area is 106 Å². The fraction of sp³-hybridized carbons (Fsp3) is 0.545. The number of halogens is 4. The van der Waals surface area contributed by atoms with Crippen molar-refractivity contribution in [3.63, 3.8) is 0 Å². The molecule has 1 saturated heterocycles. The molecule has 1 aliphatic heterocycles. The van der Waals surface area contributed by atoms with Crippen molar-refractivity contribution in [3.05, 3.63) is 21.7 Å². The molecule has 1 amide bonds. The van der Waals surface area contributed by atoms with Gasteiger partial charge in [0.15, 0.2) is 0 Å². The fourth-order valence-electron chi connectivity index (χ4n) is 1.78. The van der Waals surface area contributed by atoms with Crippen molar-refractivity contribution in [1.82, 2.24) is 4.90 Å². The minimum absolute atomic E-state index is 0.00903. The number of carbonyl (C=O) groups is 1. The first-order chi connectivity index (χ1) is 7.77. The van der Waals surface area contributed by atoms with E-state index in [9.17, 15) is 18.0 Å². The summed E-state index contributed by atoms with van der Waals surface area (Å²) in [6, 6.07) is 0. The average molecular weight is 312 g/mol. The predicted octanol–water partition coefficient (Wildman–Crippen LogP) is 3.40. The second-order valence-electron chi connectivity index (χ2n) is 3.80. The van der Waals surface area contributed by atoms with Gasteiger partial charge >= 0.3 is 12.1 Å². The van der Waals surface area contributed by atoms with Crippen LogP contribution in [0.1, 0.15) is 20.3 Å². The van der Waals surface area contributed by atoms with Crippen LogP contribution in [0, 0.1) is 0 Å². The lowest BCUT2D eigenvalue weighted by atomic mass is 9.97. The third-order valence-electron chi connectivity index (χ3n) is 2.68. The molecule has 0 aromatic rings. The molecule has 1 rings (SSSR count). The Hall–Kier alpha value is -0.780. The number of hydrogen-bond donors (Lipinski definition) is 0. The summed E-state index contributed by atoms with van der Waals surface area (Å²) in [5.74, 6) is -1.76. The zero-order chi connectivity index (χ0) is 13.2. The molecule has 6 heteroatoms. The van der Waals surface area contributed by atoms with Crippen LogP contribution in [0.15, 0.2) is 21.7 Å². The van der Waals surface area contributed by atoms with Crippen LogP contribution < -0.4 is 0 Å². The lowest BCUT2D eigenvalue weighted by molar-refractivity contribution is -0.185. The lowest BCUT2D eigenvalue weighted by Gasteiger charge is -2.31. The van der Waals surface area contributed by atoms with Crippen molar-refractivity contribution < 1.29 is 18.0 Å². The van der Waals surface area contributed by atoms with Crippen molar-refractivity contribution in [3.8, 4) is 0 Å². The molecule has 96 valence electrons. The highest BCUT2D eigenvalue weighted by Gasteiger charge is 2.43. The maximum absolute atomic E-state index is 12.3. The first kappa shape index (κ1) is 14.3. The summed E-state index contributed by atoms with van der Waals surface area (Å²) in [6.07, 6.45) is -2.47. The Bertz CT molecular complexity index is 381. The molecule has 2 nitrogen and oxygen atoms in total. The van der Waals surface area contributed by atoms with Gasteiger partial charge in [-0.2, -0.15) is 13.2 Å². The highest BCUT2D eigenvalue weighted by molar-refractivity contribution is 9.11. The molecule has 17 heavy (non-hydrogen) atoms. The largest absolute Gasteiger partial charge is 0.471 e. The van der Waals surface area contributed by atoms with Gasteiger partial charge in [0.1, 0.15) is 0 Å². The van der Waals surface area contributed by atoms with Crippen LogP contribution >= 0.6 is 15.9 Å². The molecule has 0 aromatic heterocycles. The minimum atomic E-state index is -4.79. The number of nitrogens with zero attached hydrogens (tertiary/aromatic N) is 1. The summed E-state index contributed by atoms with van der Waals surface area (Å²) in [6.45, 7) is 3.73. The SMILES string of the molecule is C/C=C1/CCN(C(=O)C(F)(F)F)C/C1=C(/C)Br. The number of rotatable bonds is 0. The molecular formula is C11H13BrF3NO. The van der Waals surface area contributed by atoms with Crippen LogP contribution in [0.5, 0.6) is 0 Å². The zero-order valence-corrected chi connectivity index (χ0v) is 11.2. The van der Waals surface area contributed by atoms with Crippen LogP contribution in [0.2, 0.25) is 0 Å². The monoisotopic (exact) mass is 311 g/mol. The van der Waals surface area contributed by atoms with Crippen LogP contribution in [-0.4, -0.2) is 30.1 Å². The van der Waals surface area contributed by atoms with E-state index in [1.807, 2.05) is 13.0 Å². The quantitative estimate of drug-likeness (QED) is 0.671. The molecule has 1 fully saturated rings. The minimum Gasteiger partial charge on any atom is -0.330 e. The van der Waals surface area contributed by atoms with E-state index in [-0.39, 0.29) is 13.1 Å². The summed E-state index contributed by atoms with van der Waals surface area (Å²) in [7, 11) is 0. The molecule has 0 N–H and O–H groups in total. The van der Waals surface area contributed by atoms with E-state index in [0.717, 1.165) is 20.5 Å². The number of likely N-dealkylation sites (tertiary alicyclic amines) is 1. The number of allylic oxidation sites excluding steroid dienone is 2. The van der Waals surface area contributed by atoms with E-state index in [1.54, 1.807) is 6.92 Å². The highest BCUT2D eigenvalue weighted by atomic mass is 79.9. The van der Waals surface area contributed by atoms with E-state index in [2.05, 4.69) is 15.9 Å². The molecule has 0 saturated carbocycles. The van der Waals surface area contributed by atoms with Gasteiger partial charge in [-0.05, 0) is 35.9 Å². The Morgan fingerprint density at radius 2 is 2.06 bits per heavy atom. The normalized spacial score (nSPS) is 22.9. The third kappa shape index (κ3) is 3.34. The molecular weight excluding hydrogens is 299 g/mol. The van der Waals surface area contributed by atoms with E-state index in [1.165, 1.54) is 0 Å². The Morgan fingerprint density at radius 3 is 2.47 bits per heavy atom. The van der Waals surface area contributed by atoms with Crippen molar-refractivity contribution >= 4 is 21.8 Å². The summed E-state index contributed by atoms with van der Waals surface area (Å²) in [4.78, 5) is 12.0. The number of alkyl halides is 3. The summed E-state index contributed by atoms with van der Waals surface area (Å²) >= 11 is 3.26. The average Bonchev–Trinajstić information content (AvgIpc) is 2.25. The van der Waals surface area contributed by atoms with E-state index < -0.39 is 12.1 Å². The molecule has 0 aromatic carbocycles. The molecule has 1 heterocycles. The van der Waals surface area contributed by atoms with Crippen molar-refractivity contribution in [2.24, 2.45) is 0 Å². The Morgan fingerprint density at radius 1 is 1.47 bits per heavy atom. The standard InChI is InChI=1S/C11H13BrF3NO/c1-3-8-4-5-16(6-9(8)7(2)12)10(17)11(13,14)15/h3H,4-6H2,1-2H3/b8-3-,9-7+. The first-order valence-electron chi connectivity index (χ1n) is 5.14. The zero-order valence-electron chi connectivity index (χ0n) is 9.57. The molecule has 0 atom stereocenters. The van der Waals surface area contributed by atoms with E-state index >= 15 is 0 Å². The Kier molecular flexibility index (Phi) is 4.41. The van der Waals surface area contributed by atoms with Gasteiger partial charge in [0.05, 0.1) is 0 Å². The molecule has 0 radical (unpaired) electrons. The predicted molar refractivity (Wildman–Crippen MR) is 62.6 cm³/mol. The van der Waals surface area contributed by atoms with Gasteiger partial charge < -0.3 is 4.90 Å². The van der Waals surface area contributed by atoms with Crippen molar-refractivity contribution in [1.29, 1.82) is 0 Å². The number of piperidine rings is 1. The van der Waals surface area contributed by atoms with Crippen molar-refractivity contribution in [2.75, 3.05) is 13.1 Å².